The van der Waals surface area contributed by atoms with Crippen molar-refractivity contribution in [3.05, 3.63) is 52.7 Å². The SMILES string of the molecule is Cc1noc(C)c1CNC(=O)c1n[nH]c2c1CCN(C(=O)Cn1ccnc1)C2. The van der Waals surface area contributed by atoms with E-state index in [-0.39, 0.29) is 18.4 Å². The van der Waals surface area contributed by atoms with Gasteiger partial charge in [0.2, 0.25) is 5.91 Å². The average Bonchev–Trinajstić information content (AvgIpc) is 3.41. The van der Waals surface area contributed by atoms with Gasteiger partial charge in [0.15, 0.2) is 5.69 Å². The molecule has 0 aromatic carbocycles. The molecular weight excluding hydrogens is 362 g/mol. The number of nitrogens with zero attached hydrogens (tertiary/aromatic N) is 5. The van der Waals surface area contributed by atoms with Gasteiger partial charge in [-0.3, -0.25) is 14.7 Å². The molecule has 0 saturated carbocycles. The molecule has 0 fully saturated rings. The number of aromatic nitrogens is 5. The Morgan fingerprint density at radius 1 is 1.36 bits per heavy atom. The summed E-state index contributed by atoms with van der Waals surface area (Å²) in [6.45, 7) is 5.18. The highest BCUT2D eigenvalue weighted by Gasteiger charge is 2.27. The summed E-state index contributed by atoms with van der Waals surface area (Å²) in [4.78, 5) is 30.8. The summed E-state index contributed by atoms with van der Waals surface area (Å²) in [7, 11) is 0. The minimum Gasteiger partial charge on any atom is -0.361 e. The summed E-state index contributed by atoms with van der Waals surface area (Å²) in [6, 6.07) is 0. The second-order valence-electron chi connectivity index (χ2n) is 6.82. The summed E-state index contributed by atoms with van der Waals surface area (Å²) in [5.41, 5.74) is 3.67. The number of amides is 2. The minimum atomic E-state index is -0.254. The van der Waals surface area contributed by atoms with Crippen LogP contribution in [0.4, 0.5) is 0 Å². The fourth-order valence-electron chi connectivity index (χ4n) is 3.36. The zero-order valence-corrected chi connectivity index (χ0v) is 15.7. The molecule has 4 rings (SSSR count). The van der Waals surface area contributed by atoms with Crippen LogP contribution in [0.2, 0.25) is 0 Å². The first-order valence-electron chi connectivity index (χ1n) is 9.02. The maximum Gasteiger partial charge on any atom is 0.272 e. The largest absolute Gasteiger partial charge is 0.361 e. The first-order chi connectivity index (χ1) is 13.5. The number of rotatable bonds is 5. The van der Waals surface area contributed by atoms with Gasteiger partial charge in [-0.25, -0.2) is 4.98 Å². The molecule has 2 amide bonds. The number of aryl methyl sites for hydroxylation is 2. The number of aromatic amines is 1. The van der Waals surface area contributed by atoms with Gasteiger partial charge in [-0.05, 0) is 20.3 Å². The zero-order valence-electron chi connectivity index (χ0n) is 15.7. The molecule has 10 nitrogen and oxygen atoms in total. The number of fused-ring (bicyclic) bond motifs is 1. The smallest absolute Gasteiger partial charge is 0.272 e. The first-order valence-corrected chi connectivity index (χ1v) is 9.02. The van der Waals surface area contributed by atoms with Gasteiger partial charge in [-0.15, -0.1) is 0 Å². The lowest BCUT2D eigenvalue weighted by Crippen LogP contribution is -2.38. The van der Waals surface area contributed by atoms with Crippen LogP contribution in [0.5, 0.6) is 0 Å². The van der Waals surface area contributed by atoms with Crippen LogP contribution in [0.1, 0.15) is 38.8 Å². The molecule has 1 aliphatic heterocycles. The van der Waals surface area contributed by atoms with E-state index in [4.69, 9.17) is 4.52 Å². The normalized spacial score (nSPS) is 13.4. The Morgan fingerprint density at radius 3 is 2.93 bits per heavy atom. The summed E-state index contributed by atoms with van der Waals surface area (Å²) in [6.07, 6.45) is 5.59. The van der Waals surface area contributed by atoms with Gasteiger partial charge in [0.1, 0.15) is 12.3 Å². The van der Waals surface area contributed by atoms with Crippen LogP contribution in [0.3, 0.4) is 0 Å². The molecule has 0 saturated heterocycles. The molecule has 28 heavy (non-hydrogen) atoms. The zero-order chi connectivity index (χ0) is 19.7. The topological polar surface area (TPSA) is 122 Å². The molecule has 0 radical (unpaired) electrons. The van der Waals surface area contributed by atoms with Crippen molar-refractivity contribution in [2.75, 3.05) is 6.54 Å². The van der Waals surface area contributed by atoms with E-state index in [1.54, 1.807) is 28.2 Å². The molecule has 10 heteroatoms. The third-order valence-electron chi connectivity index (χ3n) is 4.99. The highest BCUT2D eigenvalue weighted by molar-refractivity contribution is 5.94. The summed E-state index contributed by atoms with van der Waals surface area (Å²) >= 11 is 0. The van der Waals surface area contributed by atoms with Crippen molar-refractivity contribution in [3.8, 4) is 0 Å². The van der Waals surface area contributed by atoms with E-state index in [1.807, 2.05) is 13.8 Å². The standard InChI is InChI=1S/C18H21N7O3/c1-11-14(12(2)28-23-11)7-20-18(27)17-13-3-5-25(8-15(13)21-22-17)16(26)9-24-6-4-19-10-24/h4,6,10H,3,5,7-9H2,1-2H3,(H,20,27)(H,21,22). The molecule has 3 aromatic rings. The summed E-state index contributed by atoms with van der Waals surface area (Å²) < 4.78 is 6.85. The maximum absolute atomic E-state index is 12.6. The molecule has 3 aromatic heterocycles. The van der Waals surface area contributed by atoms with Crippen LogP contribution in [-0.4, -0.2) is 48.2 Å². The van der Waals surface area contributed by atoms with Crippen LogP contribution in [0.15, 0.2) is 23.2 Å². The third-order valence-corrected chi connectivity index (χ3v) is 4.99. The molecule has 0 unspecified atom stereocenters. The molecular formula is C18H21N7O3. The number of carbonyl (C=O) groups excluding carboxylic acids is 2. The van der Waals surface area contributed by atoms with Gasteiger partial charge < -0.3 is 19.3 Å². The predicted octanol–water partition coefficient (Wildman–Crippen LogP) is 0.726. The fourth-order valence-corrected chi connectivity index (χ4v) is 3.36. The van der Waals surface area contributed by atoms with Crippen molar-refractivity contribution in [3.63, 3.8) is 0 Å². The Kier molecular flexibility index (Phi) is 4.68. The van der Waals surface area contributed by atoms with Gasteiger partial charge in [0.25, 0.3) is 5.91 Å². The van der Waals surface area contributed by atoms with Gasteiger partial charge >= 0.3 is 0 Å². The highest BCUT2D eigenvalue weighted by atomic mass is 16.5. The van der Waals surface area contributed by atoms with Gasteiger partial charge in [0, 0.05) is 36.6 Å². The molecule has 0 bridgehead atoms. The second-order valence-corrected chi connectivity index (χ2v) is 6.82. The molecule has 4 heterocycles. The van der Waals surface area contributed by atoms with E-state index in [9.17, 15) is 9.59 Å². The number of carbonyl (C=O) groups is 2. The summed E-state index contributed by atoms with van der Waals surface area (Å²) in [5.74, 6) is 0.437. The van der Waals surface area contributed by atoms with E-state index in [1.165, 1.54) is 0 Å². The van der Waals surface area contributed by atoms with Gasteiger partial charge in [-0.2, -0.15) is 5.10 Å². The Balaban J connectivity index is 1.40. The van der Waals surface area contributed by atoms with Crippen LogP contribution < -0.4 is 5.32 Å². The molecule has 0 spiro atoms. The van der Waals surface area contributed by atoms with Crippen molar-refractivity contribution in [2.45, 2.75) is 39.9 Å². The monoisotopic (exact) mass is 383 g/mol. The van der Waals surface area contributed by atoms with Crippen LogP contribution in [-0.2, 0) is 30.8 Å². The van der Waals surface area contributed by atoms with Crippen molar-refractivity contribution >= 4 is 11.8 Å². The molecule has 1 aliphatic rings. The summed E-state index contributed by atoms with van der Waals surface area (Å²) in [5, 5.41) is 13.9. The second kappa shape index (κ2) is 7.29. The Morgan fingerprint density at radius 2 is 2.21 bits per heavy atom. The first kappa shape index (κ1) is 18.0. The molecule has 0 atom stereocenters. The van der Waals surface area contributed by atoms with Crippen molar-refractivity contribution < 1.29 is 14.1 Å². The molecule has 2 N–H and O–H groups in total. The van der Waals surface area contributed by atoms with Gasteiger partial charge in [0.05, 0.1) is 24.3 Å². The van der Waals surface area contributed by atoms with Crippen molar-refractivity contribution in [2.24, 2.45) is 0 Å². The maximum atomic E-state index is 12.6. The van der Waals surface area contributed by atoms with Crippen molar-refractivity contribution in [1.82, 2.24) is 35.1 Å². The number of nitrogens with one attached hydrogen (secondary N) is 2. The van der Waals surface area contributed by atoms with Gasteiger partial charge in [-0.1, -0.05) is 5.16 Å². The number of hydrogen-bond acceptors (Lipinski definition) is 6. The van der Waals surface area contributed by atoms with E-state index in [0.717, 1.165) is 22.5 Å². The van der Waals surface area contributed by atoms with E-state index < -0.39 is 0 Å². The Bertz CT molecular complexity index is 983. The van der Waals surface area contributed by atoms with Crippen LogP contribution in [0, 0.1) is 13.8 Å². The molecule has 146 valence electrons. The van der Waals surface area contributed by atoms with E-state index in [2.05, 4.69) is 25.7 Å². The fraction of sp³-hybridized carbons (Fsp3) is 0.389. The van der Waals surface area contributed by atoms with E-state index in [0.29, 0.717) is 37.5 Å². The number of imidazole rings is 1. The third kappa shape index (κ3) is 3.40. The Labute approximate surface area is 160 Å². The lowest BCUT2D eigenvalue weighted by atomic mass is 10.0. The molecule has 0 aliphatic carbocycles. The minimum absolute atomic E-state index is 0.00246. The lowest BCUT2D eigenvalue weighted by Gasteiger charge is -2.27. The van der Waals surface area contributed by atoms with Crippen LogP contribution in [0.25, 0.3) is 0 Å². The predicted molar refractivity (Wildman–Crippen MR) is 97.1 cm³/mol. The quantitative estimate of drug-likeness (QED) is 0.670. The van der Waals surface area contributed by atoms with E-state index >= 15 is 0 Å². The van der Waals surface area contributed by atoms with Crippen molar-refractivity contribution in [1.29, 1.82) is 0 Å². The number of H-pyrrole nitrogens is 1. The average molecular weight is 383 g/mol. The van der Waals surface area contributed by atoms with Crippen LogP contribution >= 0.6 is 0 Å². The highest BCUT2D eigenvalue weighted by Crippen LogP contribution is 2.21. The Hall–Kier alpha value is -3.43. The number of hydrogen-bond donors (Lipinski definition) is 2. The lowest BCUT2D eigenvalue weighted by molar-refractivity contribution is -0.132.